The number of pyridine rings is 2. The Morgan fingerprint density at radius 2 is 1.93 bits per heavy atom. The molecule has 0 aliphatic carbocycles. The maximum Gasteiger partial charge on any atom is 0.417 e. The summed E-state index contributed by atoms with van der Waals surface area (Å²) < 4.78 is 39.6. The molecule has 0 unspecified atom stereocenters. The van der Waals surface area contributed by atoms with E-state index in [9.17, 15) is 18.0 Å². The molecule has 1 saturated heterocycles. The first-order chi connectivity index (χ1) is 13.4. The third kappa shape index (κ3) is 3.78. The second kappa shape index (κ2) is 7.14. The SMILES string of the molecule is O=C(Nc1cc2ccccn2n1)C1CCN(c2ccc(C(F)(F)F)cn2)CC1. The molecule has 1 aliphatic rings. The van der Waals surface area contributed by atoms with E-state index < -0.39 is 11.7 Å². The van der Waals surface area contributed by atoms with Gasteiger partial charge in [-0.1, -0.05) is 6.07 Å². The second-order valence-electron chi connectivity index (χ2n) is 6.75. The van der Waals surface area contributed by atoms with Gasteiger partial charge in [-0.25, -0.2) is 9.50 Å². The third-order valence-electron chi connectivity index (χ3n) is 4.89. The molecule has 1 fully saturated rings. The number of rotatable bonds is 3. The van der Waals surface area contributed by atoms with Crippen LogP contribution >= 0.6 is 0 Å². The molecule has 0 radical (unpaired) electrons. The van der Waals surface area contributed by atoms with E-state index in [1.165, 1.54) is 6.07 Å². The highest BCUT2D eigenvalue weighted by Gasteiger charge is 2.31. The van der Waals surface area contributed by atoms with E-state index in [0.29, 0.717) is 37.6 Å². The molecule has 1 amide bonds. The summed E-state index contributed by atoms with van der Waals surface area (Å²) in [5.41, 5.74) is 0.124. The van der Waals surface area contributed by atoms with Crippen molar-refractivity contribution in [3.05, 3.63) is 54.4 Å². The van der Waals surface area contributed by atoms with Crippen molar-refractivity contribution in [1.29, 1.82) is 0 Å². The maximum atomic E-state index is 12.6. The Morgan fingerprint density at radius 3 is 2.57 bits per heavy atom. The molecule has 146 valence electrons. The molecule has 0 bridgehead atoms. The molecule has 0 spiro atoms. The summed E-state index contributed by atoms with van der Waals surface area (Å²) in [7, 11) is 0. The highest BCUT2D eigenvalue weighted by Crippen LogP contribution is 2.30. The molecule has 1 aliphatic heterocycles. The third-order valence-corrected chi connectivity index (χ3v) is 4.89. The zero-order valence-electron chi connectivity index (χ0n) is 14.9. The van der Waals surface area contributed by atoms with E-state index in [-0.39, 0.29) is 11.8 Å². The normalized spacial score (nSPS) is 15.8. The van der Waals surface area contributed by atoms with Crippen molar-refractivity contribution < 1.29 is 18.0 Å². The van der Waals surface area contributed by atoms with E-state index in [4.69, 9.17) is 0 Å². The van der Waals surface area contributed by atoms with Crippen LogP contribution in [0.4, 0.5) is 24.8 Å². The van der Waals surface area contributed by atoms with E-state index in [0.717, 1.165) is 17.8 Å². The predicted molar refractivity (Wildman–Crippen MR) is 98.0 cm³/mol. The van der Waals surface area contributed by atoms with Gasteiger partial charge >= 0.3 is 6.18 Å². The summed E-state index contributed by atoms with van der Waals surface area (Å²) in [5, 5.41) is 7.16. The van der Waals surface area contributed by atoms with Crippen LogP contribution in [0.3, 0.4) is 0 Å². The van der Waals surface area contributed by atoms with E-state index in [1.807, 2.05) is 23.1 Å². The number of nitrogens with one attached hydrogen (secondary N) is 1. The smallest absolute Gasteiger partial charge is 0.357 e. The lowest BCUT2D eigenvalue weighted by Gasteiger charge is -2.32. The Labute approximate surface area is 159 Å². The van der Waals surface area contributed by atoms with Gasteiger partial charge in [-0.2, -0.15) is 18.3 Å². The topological polar surface area (TPSA) is 62.5 Å². The van der Waals surface area contributed by atoms with E-state index in [1.54, 1.807) is 16.8 Å². The van der Waals surface area contributed by atoms with E-state index >= 15 is 0 Å². The summed E-state index contributed by atoms with van der Waals surface area (Å²) >= 11 is 0. The van der Waals surface area contributed by atoms with Gasteiger partial charge in [0.25, 0.3) is 0 Å². The standard InChI is InChI=1S/C19H18F3N5O/c20-19(21,22)14-4-5-17(23-12-14)26-9-6-13(7-10-26)18(28)24-16-11-15-3-1-2-8-27(15)25-16/h1-5,8,11-13H,6-7,9-10H2,(H,24,25,28). The second-order valence-corrected chi connectivity index (χ2v) is 6.75. The number of hydrogen-bond acceptors (Lipinski definition) is 4. The number of anilines is 2. The number of alkyl halides is 3. The van der Waals surface area contributed by atoms with Gasteiger partial charge in [0, 0.05) is 37.5 Å². The number of fused-ring (bicyclic) bond motifs is 1. The Bertz CT molecular complexity index is 942. The van der Waals surface area contributed by atoms with Crippen molar-refractivity contribution in [2.24, 2.45) is 5.92 Å². The highest BCUT2D eigenvalue weighted by atomic mass is 19.4. The number of carbonyl (C=O) groups excluding carboxylic acids is 1. The molecule has 0 aromatic carbocycles. The fourth-order valence-electron chi connectivity index (χ4n) is 3.34. The van der Waals surface area contributed by atoms with Crippen molar-refractivity contribution in [3.8, 4) is 0 Å². The van der Waals surface area contributed by atoms with Crippen molar-refractivity contribution >= 4 is 23.1 Å². The van der Waals surface area contributed by atoms with Gasteiger partial charge < -0.3 is 10.2 Å². The fraction of sp³-hybridized carbons (Fsp3) is 0.316. The largest absolute Gasteiger partial charge is 0.417 e. The minimum atomic E-state index is -4.39. The molecular weight excluding hydrogens is 371 g/mol. The van der Waals surface area contributed by atoms with Gasteiger partial charge in [0.1, 0.15) is 5.82 Å². The Hall–Kier alpha value is -3.10. The number of halogens is 3. The number of carbonyl (C=O) groups is 1. The number of amides is 1. The molecule has 0 atom stereocenters. The number of hydrogen-bond donors (Lipinski definition) is 1. The van der Waals surface area contributed by atoms with Gasteiger partial charge in [-0.3, -0.25) is 4.79 Å². The minimum Gasteiger partial charge on any atom is -0.357 e. The average Bonchev–Trinajstić information content (AvgIpc) is 3.10. The van der Waals surface area contributed by atoms with Crippen LogP contribution in [0.2, 0.25) is 0 Å². The van der Waals surface area contributed by atoms with Crippen LogP contribution in [0, 0.1) is 5.92 Å². The van der Waals surface area contributed by atoms with Gasteiger partial charge in [0.05, 0.1) is 11.1 Å². The highest BCUT2D eigenvalue weighted by molar-refractivity contribution is 5.92. The molecule has 28 heavy (non-hydrogen) atoms. The number of aromatic nitrogens is 3. The van der Waals surface area contributed by atoms with E-state index in [2.05, 4.69) is 15.4 Å². The van der Waals surface area contributed by atoms with Crippen LogP contribution in [0.1, 0.15) is 18.4 Å². The Morgan fingerprint density at radius 1 is 1.14 bits per heavy atom. The lowest BCUT2D eigenvalue weighted by molar-refractivity contribution is -0.137. The number of nitrogens with zero attached hydrogens (tertiary/aromatic N) is 4. The lowest BCUT2D eigenvalue weighted by Crippen LogP contribution is -2.38. The Kier molecular flexibility index (Phi) is 4.66. The van der Waals surface area contributed by atoms with Crippen molar-refractivity contribution in [2.45, 2.75) is 19.0 Å². The monoisotopic (exact) mass is 389 g/mol. The predicted octanol–water partition coefficient (Wildman–Crippen LogP) is 3.60. The van der Waals surface area contributed by atoms with Crippen LogP contribution in [0.5, 0.6) is 0 Å². The molecule has 9 heteroatoms. The van der Waals surface area contributed by atoms with Crippen LogP contribution < -0.4 is 10.2 Å². The number of piperidine rings is 1. The molecule has 6 nitrogen and oxygen atoms in total. The van der Waals surface area contributed by atoms with Crippen molar-refractivity contribution in [3.63, 3.8) is 0 Å². The summed E-state index contributed by atoms with van der Waals surface area (Å²) in [6.45, 7) is 1.11. The minimum absolute atomic E-state index is 0.0940. The summed E-state index contributed by atoms with van der Waals surface area (Å²) in [6, 6.07) is 9.87. The average molecular weight is 389 g/mol. The van der Waals surface area contributed by atoms with Gasteiger partial charge in [0.15, 0.2) is 5.82 Å². The maximum absolute atomic E-state index is 12.6. The van der Waals surface area contributed by atoms with Crippen LogP contribution in [0.15, 0.2) is 48.8 Å². The van der Waals surface area contributed by atoms with Gasteiger partial charge in [0.2, 0.25) is 5.91 Å². The van der Waals surface area contributed by atoms with Gasteiger partial charge in [-0.15, -0.1) is 0 Å². The first-order valence-electron chi connectivity index (χ1n) is 8.93. The van der Waals surface area contributed by atoms with Crippen molar-refractivity contribution in [2.75, 3.05) is 23.3 Å². The molecule has 4 rings (SSSR count). The molecular formula is C19H18F3N5O. The van der Waals surface area contributed by atoms with Gasteiger partial charge in [-0.05, 0) is 37.1 Å². The van der Waals surface area contributed by atoms with Crippen LogP contribution in [0.25, 0.3) is 5.52 Å². The van der Waals surface area contributed by atoms with Crippen molar-refractivity contribution in [1.82, 2.24) is 14.6 Å². The summed E-state index contributed by atoms with van der Waals surface area (Å²) in [6.07, 6.45) is -0.545. The van der Waals surface area contributed by atoms with Crippen LogP contribution in [-0.4, -0.2) is 33.6 Å². The first kappa shape index (κ1) is 18.3. The Balaban J connectivity index is 1.35. The zero-order chi connectivity index (χ0) is 19.7. The molecule has 0 saturated carbocycles. The molecule has 4 heterocycles. The molecule has 3 aromatic heterocycles. The first-order valence-corrected chi connectivity index (χ1v) is 8.93. The fourth-order valence-corrected chi connectivity index (χ4v) is 3.34. The van der Waals surface area contributed by atoms with Crippen LogP contribution in [-0.2, 0) is 11.0 Å². The summed E-state index contributed by atoms with van der Waals surface area (Å²) in [4.78, 5) is 18.3. The molecule has 1 N–H and O–H groups in total. The zero-order valence-corrected chi connectivity index (χ0v) is 14.9. The summed E-state index contributed by atoms with van der Waals surface area (Å²) in [5.74, 6) is 0.731. The lowest BCUT2D eigenvalue weighted by atomic mass is 9.96. The molecule has 3 aromatic rings. The quantitative estimate of drug-likeness (QED) is 0.744.